The molecule has 1 aromatic rings. The van der Waals surface area contributed by atoms with Crippen molar-refractivity contribution >= 4 is 21.4 Å². The lowest BCUT2D eigenvalue weighted by Crippen LogP contribution is -2.06. The van der Waals surface area contributed by atoms with E-state index < -0.39 is 15.8 Å². The Morgan fingerprint density at radius 3 is 2.47 bits per heavy atom. The molecule has 5 heteroatoms. The molecule has 1 aromatic carbocycles. The summed E-state index contributed by atoms with van der Waals surface area (Å²) in [5.74, 6) is -0.523. The molecule has 0 saturated carbocycles. The van der Waals surface area contributed by atoms with Gasteiger partial charge in [0.15, 0.2) is 0 Å². The lowest BCUT2D eigenvalue weighted by atomic mass is 10.0. The Bertz CT molecular complexity index is 639. The first-order chi connectivity index (χ1) is 7.86. The molecule has 1 aliphatic heterocycles. The van der Waals surface area contributed by atoms with E-state index in [1.807, 2.05) is 0 Å². The number of hydrogen-bond acceptors (Lipinski definition) is 4. The molecule has 1 aliphatic rings. The molecule has 0 aromatic heterocycles. The summed E-state index contributed by atoms with van der Waals surface area (Å²) in [4.78, 5) is 11.7. The highest BCUT2D eigenvalue weighted by atomic mass is 32.2. The van der Waals surface area contributed by atoms with E-state index in [0.29, 0.717) is 16.7 Å². The second-order valence-electron chi connectivity index (χ2n) is 4.00. The van der Waals surface area contributed by atoms with E-state index in [1.54, 1.807) is 19.9 Å². The summed E-state index contributed by atoms with van der Waals surface area (Å²) in [6.45, 7) is 3.49. The molecule has 0 amide bonds. The first-order valence-electron chi connectivity index (χ1n) is 5.03. The van der Waals surface area contributed by atoms with Crippen molar-refractivity contribution < 1.29 is 17.9 Å². The zero-order valence-electron chi connectivity index (χ0n) is 9.77. The van der Waals surface area contributed by atoms with Gasteiger partial charge in [-0.1, -0.05) is 0 Å². The average molecular weight is 252 g/mol. The molecule has 0 unspecified atom stereocenters. The highest BCUT2D eigenvalue weighted by Crippen LogP contribution is 2.35. The standard InChI is InChI=1S/C12H12O4S/c1-7-4-9-8(2)6-17(14,15)11(9)5-10(7)12(13)16-3/h4-6H,1-3H3. The topological polar surface area (TPSA) is 60.4 Å². The molecule has 0 spiro atoms. The molecule has 4 nitrogen and oxygen atoms in total. The van der Waals surface area contributed by atoms with Gasteiger partial charge in [-0.05, 0) is 42.7 Å². The lowest BCUT2D eigenvalue weighted by Gasteiger charge is -2.07. The van der Waals surface area contributed by atoms with Crippen LogP contribution in [0.2, 0.25) is 0 Å². The number of allylic oxidation sites excluding steroid dienone is 1. The molecule has 90 valence electrons. The third-order valence-corrected chi connectivity index (χ3v) is 4.41. The van der Waals surface area contributed by atoms with Crippen molar-refractivity contribution in [2.45, 2.75) is 18.7 Å². The SMILES string of the molecule is COC(=O)c1cc2c(cc1C)C(C)=CS2(=O)=O. The van der Waals surface area contributed by atoms with Gasteiger partial charge in [-0.25, -0.2) is 13.2 Å². The average Bonchev–Trinajstić information content (AvgIpc) is 2.47. The fraction of sp³-hybridized carbons (Fsp3) is 0.250. The number of benzene rings is 1. The predicted octanol–water partition coefficient (Wildman–Crippen LogP) is 1.93. The second-order valence-corrected chi connectivity index (χ2v) is 5.77. The fourth-order valence-corrected chi connectivity index (χ4v) is 3.45. The number of esters is 1. The number of methoxy groups -OCH3 is 1. The first kappa shape index (κ1) is 11.9. The van der Waals surface area contributed by atoms with Crippen LogP contribution >= 0.6 is 0 Å². The van der Waals surface area contributed by atoms with E-state index in [2.05, 4.69) is 4.74 Å². The molecule has 0 bridgehead atoms. The summed E-state index contributed by atoms with van der Waals surface area (Å²) >= 11 is 0. The molecule has 0 saturated heterocycles. The monoisotopic (exact) mass is 252 g/mol. The van der Waals surface area contributed by atoms with E-state index in [-0.39, 0.29) is 10.5 Å². The Kier molecular flexibility index (Phi) is 2.58. The van der Waals surface area contributed by atoms with Crippen molar-refractivity contribution in [1.82, 2.24) is 0 Å². The lowest BCUT2D eigenvalue weighted by molar-refractivity contribution is 0.0599. The molecule has 0 aliphatic carbocycles. The van der Waals surface area contributed by atoms with E-state index in [9.17, 15) is 13.2 Å². The summed E-state index contributed by atoms with van der Waals surface area (Å²) in [5.41, 5.74) is 2.35. The molecule has 0 N–H and O–H groups in total. The van der Waals surface area contributed by atoms with Gasteiger partial charge in [0, 0.05) is 5.41 Å². The van der Waals surface area contributed by atoms with E-state index in [0.717, 1.165) is 0 Å². The number of sulfone groups is 1. The van der Waals surface area contributed by atoms with Crippen molar-refractivity contribution in [3.8, 4) is 0 Å². The van der Waals surface area contributed by atoms with Gasteiger partial charge < -0.3 is 4.74 Å². The Balaban J connectivity index is 2.73. The van der Waals surface area contributed by atoms with Gasteiger partial charge in [0.2, 0.25) is 9.84 Å². The maximum absolute atomic E-state index is 11.8. The van der Waals surface area contributed by atoms with Crippen LogP contribution in [0.25, 0.3) is 5.57 Å². The maximum Gasteiger partial charge on any atom is 0.338 e. The predicted molar refractivity (Wildman–Crippen MR) is 63.4 cm³/mol. The largest absolute Gasteiger partial charge is 0.465 e. The van der Waals surface area contributed by atoms with Crippen molar-refractivity contribution in [1.29, 1.82) is 0 Å². The van der Waals surface area contributed by atoms with E-state index in [4.69, 9.17) is 0 Å². The quantitative estimate of drug-likeness (QED) is 0.716. The normalized spacial score (nSPS) is 16.3. The van der Waals surface area contributed by atoms with Crippen LogP contribution in [0.15, 0.2) is 22.4 Å². The van der Waals surface area contributed by atoms with Gasteiger partial charge in [0.25, 0.3) is 0 Å². The molecule has 1 heterocycles. The van der Waals surface area contributed by atoms with Crippen molar-refractivity contribution in [3.05, 3.63) is 34.2 Å². The van der Waals surface area contributed by atoms with E-state index in [1.165, 1.54) is 18.6 Å². The Hall–Kier alpha value is -1.62. The van der Waals surface area contributed by atoms with Crippen molar-refractivity contribution in [2.24, 2.45) is 0 Å². The Morgan fingerprint density at radius 1 is 1.24 bits per heavy atom. The molecule has 17 heavy (non-hydrogen) atoms. The Morgan fingerprint density at radius 2 is 1.88 bits per heavy atom. The van der Waals surface area contributed by atoms with Crippen LogP contribution in [-0.2, 0) is 14.6 Å². The number of fused-ring (bicyclic) bond motifs is 1. The number of carbonyl (C=O) groups excluding carboxylic acids is 1. The summed E-state index contributed by atoms with van der Waals surface area (Å²) < 4.78 is 28.2. The minimum Gasteiger partial charge on any atom is -0.465 e. The van der Waals surface area contributed by atoms with Crippen LogP contribution in [0, 0.1) is 6.92 Å². The summed E-state index contributed by atoms with van der Waals surface area (Å²) in [5, 5.41) is 1.22. The second kappa shape index (κ2) is 3.70. The van der Waals surface area contributed by atoms with Crippen LogP contribution in [0.4, 0.5) is 0 Å². The van der Waals surface area contributed by atoms with Gasteiger partial charge in [-0.2, -0.15) is 0 Å². The smallest absolute Gasteiger partial charge is 0.338 e. The minimum absolute atomic E-state index is 0.181. The molecular weight excluding hydrogens is 240 g/mol. The summed E-state index contributed by atoms with van der Waals surface area (Å²) in [6, 6.07) is 3.09. The van der Waals surface area contributed by atoms with Gasteiger partial charge in [0.05, 0.1) is 17.6 Å². The van der Waals surface area contributed by atoms with Crippen LogP contribution in [0.1, 0.15) is 28.4 Å². The van der Waals surface area contributed by atoms with Crippen molar-refractivity contribution in [3.63, 3.8) is 0 Å². The highest BCUT2D eigenvalue weighted by molar-refractivity contribution is 7.95. The molecule has 2 rings (SSSR count). The minimum atomic E-state index is -3.41. The number of carbonyl (C=O) groups is 1. The van der Waals surface area contributed by atoms with Gasteiger partial charge >= 0.3 is 5.97 Å². The van der Waals surface area contributed by atoms with E-state index >= 15 is 0 Å². The van der Waals surface area contributed by atoms with Crippen LogP contribution in [0.3, 0.4) is 0 Å². The zero-order chi connectivity index (χ0) is 12.8. The number of aryl methyl sites for hydroxylation is 1. The fourth-order valence-electron chi connectivity index (χ4n) is 1.92. The van der Waals surface area contributed by atoms with Crippen molar-refractivity contribution in [2.75, 3.05) is 7.11 Å². The van der Waals surface area contributed by atoms with Gasteiger partial charge in [0.1, 0.15) is 0 Å². The highest BCUT2D eigenvalue weighted by Gasteiger charge is 2.27. The summed E-state index contributed by atoms with van der Waals surface area (Å²) in [7, 11) is -2.13. The van der Waals surface area contributed by atoms with Crippen LogP contribution in [0.5, 0.6) is 0 Å². The Labute approximate surface area is 99.8 Å². The zero-order valence-corrected chi connectivity index (χ0v) is 10.6. The molecule has 0 radical (unpaired) electrons. The molecule has 0 atom stereocenters. The third-order valence-electron chi connectivity index (χ3n) is 2.80. The molecule has 0 fully saturated rings. The first-order valence-corrected chi connectivity index (χ1v) is 6.58. The van der Waals surface area contributed by atoms with Gasteiger partial charge in [-0.3, -0.25) is 0 Å². The number of rotatable bonds is 1. The maximum atomic E-state index is 11.8. The summed E-state index contributed by atoms with van der Waals surface area (Å²) in [6.07, 6.45) is 0. The number of ether oxygens (including phenoxy) is 1. The number of hydrogen-bond donors (Lipinski definition) is 0. The molecular formula is C12H12O4S. The third kappa shape index (κ3) is 1.76. The van der Waals surface area contributed by atoms with Gasteiger partial charge in [-0.15, -0.1) is 0 Å². The van der Waals surface area contributed by atoms with Crippen LogP contribution < -0.4 is 0 Å². The van der Waals surface area contributed by atoms with Crippen LogP contribution in [-0.4, -0.2) is 21.5 Å².